The first-order chi connectivity index (χ1) is 6.58. The zero-order valence-corrected chi connectivity index (χ0v) is 8.39. The van der Waals surface area contributed by atoms with Crippen molar-refractivity contribution in [3.63, 3.8) is 0 Å². The van der Waals surface area contributed by atoms with E-state index in [1.165, 1.54) is 24.3 Å². The van der Waals surface area contributed by atoms with Crippen LogP contribution < -0.4 is 0 Å². The Morgan fingerprint density at radius 1 is 0.714 bits per heavy atom. The van der Waals surface area contributed by atoms with Gasteiger partial charge in [0, 0.05) is 0 Å². The van der Waals surface area contributed by atoms with E-state index in [9.17, 15) is 9.59 Å². The quantitative estimate of drug-likeness (QED) is 0.635. The number of hydrogen-bond donors (Lipinski definition) is 0. The summed E-state index contributed by atoms with van der Waals surface area (Å²) in [6, 6.07) is 0. The van der Waals surface area contributed by atoms with Crippen LogP contribution in [0.1, 0.15) is 0 Å². The van der Waals surface area contributed by atoms with E-state index < -0.39 is 0 Å². The van der Waals surface area contributed by atoms with E-state index in [1.807, 2.05) is 0 Å². The summed E-state index contributed by atoms with van der Waals surface area (Å²) in [5.41, 5.74) is 1.26. The number of halogens is 2. The summed E-state index contributed by atoms with van der Waals surface area (Å²) < 4.78 is 0. The maximum absolute atomic E-state index is 11.2. The zero-order valence-electron chi connectivity index (χ0n) is 6.88. The van der Waals surface area contributed by atoms with Crippen molar-refractivity contribution in [2.24, 2.45) is 0 Å². The summed E-state index contributed by atoms with van der Waals surface area (Å²) in [6.45, 7) is 0. The van der Waals surface area contributed by atoms with Crippen LogP contribution in [-0.4, -0.2) is 11.6 Å². The molecule has 0 N–H and O–H groups in total. The fourth-order valence-electron chi connectivity index (χ4n) is 1.25. The standard InChI is InChI=1S/C10H4Cl2O2/c11-7-1-5-3-10(14)8(12)2-6(5)4-9(7)13/h1-4H. The van der Waals surface area contributed by atoms with Crippen molar-refractivity contribution in [2.45, 2.75) is 0 Å². The molecule has 0 spiro atoms. The van der Waals surface area contributed by atoms with Crippen molar-refractivity contribution in [1.29, 1.82) is 0 Å². The molecule has 0 saturated carbocycles. The number of carbonyl (C=O) groups is 2. The molecule has 0 aromatic rings. The van der Waals surface area contributed by atoms with Gasteiger partial charge in [-0.1, -0.05) is 23.2 Å². The second-order valence-corrected chi connectivity index (χ2v) is 3.73. The first-order valence-electron chi connectivity index (χ1n) is 3.85. The van der Waals surface area contributed by atoms with Crippen molar-refractivity contribution in [3.05, 3.63) is 45.5 Å². The van der Waals surface area contributed by atoms with Crippen molar-refractivity contribution in [3.8, 4) is 0 Å². The van der Waals surface area contributed by atoms with E-state index in [0.717, 1.165) is 0 Å². The van der Waals surface area contributed by atoms with Gasteiger partial charge in [0.05, 0.1) is 10.1 Å². The lowest BCUT2D eigenvalue weighted by Gasteiger charge is -2.13. The van der Waals surface area contributed by atoms with Crippen LogP contribution in [0.15, 0.2) is 45.5 Å². The number of fused-ring (bicyclic) bond motifs is 1. The lowest BCUT2D eigenvalue weighted by molar-refractivity contribution is -0.111. The van der Waals surface area contributed by atoms with Gasteiger partial charge in [0.25, 0.3) is 0 Å². The molecule has 0 aromatic heterocycles. The maximum atomic E-state index is 11.2. The molecule has 0 atom stereocenters. The predicted molar refractivity (Wildman–Crippen MR) is 54.1 cm³/mol. The summed E-state index contributed by atoms with van der Waals surface area (Å²) in [5, 5.41) is 0.221. The highest BCUT2D eigenvalue weighted by Crippen LogP contribution is 2.29. The molecular weight excluding hydrogens is 223 g/mol. The molecule has 70 valence electrons. The molecule has 2 aliphatic carbocycles. The van der Waals surface area contributed by atoms with Crippen LogP contribution in [0.5, 0.6) is 0 Å². The molecule has 2 rings (SSSR count). The van der Waals surface area contributed by atoms with Crippen LogP contribution in [0.4, 0.5) is 0 Å². The Labute approximate surface area is 90.2 Å². The lowest BCUT2D eigenvalue weighted by Crippen LogP contribution is -2.08. The molecule has 0 saturated heterocycles. The number of hydrogen-bond acceptors (Lipinski definition) is 2. The minimum Gasteiger partial charge on any atom is -0.288 e. The fraction of sp³-hybridized carbons (Fsp3) is 0. The Hall–Kier alpha value is -1.12. The molecule has 0 radical (unpaired) electrons. The van der Waals surface area contributed by atoms with Crippen LogP contribution in [0.3, 0.4) is 0 Å². The van der Waals surface area contributed by atoms with Crippen molar-refractivity contribution >= 4 is 34.8 Å². The maximum Gasteiger partial charge on any atom is 0.197 e. The van der Waals surface area contributed by atoms with Gasteiger partial charge in [0.1, 0.15) is 0 Å². The third kappa shape index (κ3) is 1.47. The molecule has 2 aliphatic rings. The molecule has 0 heterocycles. The van der Waals surface area contributed by atoms with Gasteiger partial charge in [-0.15, -0.1) is 0 Å². The average Bonchev–Trinajstić information content (AvgIpc) is 2.11. The normalized spacial score (nSPS) is 20.7. The van der Waals surface area contributed by atoms with Crippen LogP contribution in [-0.2, 0) is 9.59 Å². The average molecular weight is 227 g/mol. The molecule has 0 unspecified atom stereocenters. The highest BCUT2D eigenvalue weighted by atomic mass is 35.5. The number of carbonyl (C=O) groups excluding carboxylic acids is 2. The van der Waals surface area contributed by atoms with Gasteiger partial charge in [-0.05, 0) is 35.5 Å². The SMILES string of the molecule is O=C1C=C2C=C(Cl)C(=O)C=C2C=C1Cl. The molecule has 14 heavy (non-hydrogen) atoms. The fourth-order valence-corrected chi connectivity index (χ4v) is 1.60. The molecule has 0 aliphatic heterocycles. The molecule has 2 nitrogen and oxygen atoms in total. The second-order valence-electron chi connectivity index (χ2n) is 2.91. The third-order valence-electron chi connectivity index (χ3n) is 1.94. The van der Waals surface area contributed by atoms with E-state index in [0.29, 0.717) is 11.1 Å². The summed E-state index contributed by atoms with van der Waals surface area (Å²) >= 11 is 11.3. The minimum atomic E-state index is -0.270. The Morgan fingerprint density at radius 3 is 1.43 bits per heavy atom. The summed E-state index contributed by atoms with van der Waals surface area (Å²) in [4.78, 5) is 22.4. The number of rotatable bonds is 0. The first-order valence-corrected chi connectivity index (χ1v) is 4.60. The topological polar surface area (TPSA) is 34.1 Å². The monoisotopic (exact) mass is 226 g/mol. The smallest absolute Gasteiger partial charge is 0.197 e. The Balaban J connectivity index is 2.53. The second kappa shape index (κ2) is 3.23. The van der Waals surface area contributed by atoms with E-state index in [-0.39, 0.29) is 21.6 Å². The van der Waals surface area contributed by atoms with Crippen LogP contribution in [0, 0.1) is 0 Å². The van der Waals surface area contributed by atoms with Gasteiger partial charge in [-0.3, -0.25) is 9.59 Å². The summed E-state index contributed by atoms with van der Waals surface area (Å²) in [5.74, 6) is -0.539. The lowest BCUT2D eigenvalue weighted by atomic mass is 9.93. The number of ketones is 2. The van der Waals surface area contributed by atoms with E-state index >= 15 is 0 Å². The van der Waals surface area contributed by atoms with Gasteiger partial charge >= 0.3 is 0 Å². The first kappa shape index (κ1) is 9.44. The van der Waals surface area contributed by atoms with Crippen molar-refractivity contribution < 1.29 is 9.59 Å². The molecule has 0 amide bonds. The zero-order chi connectivity index (χ0) is 10.3. The Morgan fingerprint density at radius 2 is 1.07 bits per heavy atom. The van der Waals surface area contributed by atoms with Crippen LogP contribution in [0.2, 0.25) is 0 Å². The minimum absolute atomic E-state index is 0.110. The van der Waals surface area contributed by atoms with Crippen molar-refractivity contribution in [2.75, 3.05) is 0 Å². The molecular formula is C10H4Cl2O2. The molecule has 4 heteroatoms. The number of allylic oxidation sites excluding steroid dienone is 8. The van der Waals surface area contributed by atoms with Crippen LogP contribution >= 0.6 is 23.2 Å². The largest absolute Gasteiger partial charge is 0.288 e. The molecule has 0 bridgehead atoms. The van der Waals surface area contributed by atoms with Crippen LogP contribution in [0.25, 0.3) is 0 Å². The van der Waals surface area contributed by atoms with E-state index in [1.54, 1.807) is 0 Å². The Bertz CT molecular complexity index is 421. The molecule has 0 aromatic carbocycles. The van der Waals surface area contributed by atoms with Gasteiger partial charge in [0.15, 0.2) is 11.6 Å². The van der Waals surface area contributed by atoms with Gasteiger partial charge in [0.2, 0.25) is 0 Å². The highest BCUT2D eigenvalue weighted by molar-refractivity contribution is 6.47. The van der Waals surface area contributed by atoms with E-state index in [4.69, 9.17) is 23.2 Å². The van der Waals surface area contributed by atoms with Gasteiger partial charge in [-0.25, -0.2) is 0 Å². The van der Waals surface area contributed by atoms with Gasteiger partial charge in [-0.2, -0.15) is 0 Å². The summed E-state index contributed by atoms with van der Waals surface area (Å²) in [6.07, 6.45) is 5.67. The molecule has 0 fully saturated rings. The third-order valence-corrected chi connectivity index (χ3v) is 2.53. The predicted octanol–water partition coefficient (Wildman–Crippen LogP) is 2.25. The summed E-state index contributed by atoms with van der Waals surface area (Å²) in [7, 11) is 0. The van der Waals surface area contributed by atoms with Gasteiger partial charge < -0.3 is 0 Å². The van der Waals surface area contributed by atoms with E-state index in [2.05, 4.69) is 0 Å². The van der Waals surface area contributed by atoms with Crippen molar-refractivity contribution in [1.82, 2.24) is 0 Å². The highest BCUT2D eigenvalue weighted by Gasteiger charge is 2.20. The Kier molecular flexibility index (Phi) is 2.17.